The van der Waals surface area contributed by atoms with E-state index in [1.807, 2.05) is 0 Å². The van der Waals surface area contributed by atoms with Gasteiger partial charge in [-0.05, 0) is 32.7 Å². The number of nitrogens with one attached hydrogen (secondary N) is 1. The predicted molar refractivity (Wildman–Crippen MR) is 49.9 cm³/mol. The van der Waals surface area contributed by atoms with Crippen LogP contribution in [0, 0.1) is 6.92 Å². The highest BCUT2D eigenvalue weighted by Crippen LogP contribution is 2.06. The van der Waals surface area contributed by atoms with Crippen LogP contribution < -0.4 is 5.73 Å². The lowest BCUT2D eigenvalue weighted by Crippen LogP contribution is -1.98. The summed E-state index contributed by atoms with van der Waals surface area (Å²) >= 11 is 0. The van der Waals surface area contributed by atoms with Gasteiger partial charge in [0.15, 0.2) is 0 Å². The Morgan fingerprint density at radius 1 is 1.42 bits per heavy atom. The zero-order valence-electron chi connectivity index (χ0n) is 7.64. The molecule has 68 valence electrons. The molecule has 0 aliphatic carbocycles. The van der Waals surface area contributed by atoms with Crippen molar-refractivity contribution in [1.29, 1.82) is 0 Å². The lowest BCUT2D eigenvalue weighted by atomic mass is 10.1. The van der Waals surface area contributed by atoms with Crippen molar-refractivity contribution in [2.75, 3.05) is 6.54 Å². The van der Waals surface area contributed by atoms with Crippen molar-refractivity contribution in [2.45, 2.75) is 32.6 Å². The van der Waals surface area contributed by atoms with E-state index in [1.165, 1.54) is 24.2 Å². The fourth-order valence-electron chi connectivity index (χ4n) is 1.25. The van der Waals surface area contributed by atoms with Crippen LogP contribution in [0.15, 0.2) is 6.33 Å². The van der Waals surface area contributed by atoms with Crippen molar-refractivity contribution < 1.29 is 0 Å². The van der Waals surface area contributed by atoms with Crippen molar-refractivity contribution in [2.24, 2.45) is 5.73 Å². The number of nitrogens with two attached hydrogens (primary N) is 1. The molecule has 3 nitrogen and oxygen atoms in total. The first-order valence-electron chi connectivity index (χ1n) is 4.53. The maximum atomic E-state index is 5.40. The molecule has 0 radical (unpaired) electrons. The van der Waals surface area contributed by atoms with Crippen LogP contribution in [0.5, 0.6) is 0 Å². The van der Waals surface area contributed by atoms with Gasteiger partial charge in [-0.2, -0.15) is 0 Å². The molecule has 0 aromatic carbocycles. The molecule has 12 heavy (non-hydrogen) atoms. The van der Waals surface area contributed by atoms with E-state index >= 15 is 0 Å². The van der Waals surface area contributed by atoms with E-state index in [1.54, 1.807) is 6.33 Å². The minimum absolute atomic E-state index is 0.805. The Morgan fingerprint density at radius 3 is 2.83 bits per heavy atom. The third-order valence-corrected chi connectivity index (χ3v) is 2.05. The normalized spacial score (nSPS) is 10.5. The molecule has 1 heterocycles. The van der Waals surface area contributed by atoms with Crippen LogP contribution in [0.25, 0.3) is 0 Å². The van der Waals surface area contributed by atoms with Crippen LogP contribution in [0.1, 0.15) is 30.7 Å². The lowest BCUT2D eigenvalue weighted by Gasteiger charge is -1.97. The Morgan fingerprint density at radius 2 is 2.25 bits per heavy atom. The predicted octanol–water partition coefficient (Wildman–Crippen LogP) is 1.39. The van der Waals surface area contributed by atoms with Crippen molar-refractivity contribution >= 4 is 0 Å². The molecule has 3 heteroatoms. The molecule has 0 saturated carbocycles. The molecule has 1 aromatic rings. The van der Waals surface area contributed by atoms with Gasteiger partial charge < -0.3 is 10.7 Å². The summed E-state index contributed by atoms with van der Waals surface area (Å²) in [5.74, 6) is 0. The summed E-state index contributed by atoms with van der Waals surface area (Å²) in [5, 5.41) is 0. The fourth-order valence-corrected chi connectivity index (χ4v) is 1.25. The lowest BCUT2D eigenvalue weighted by molar-refractivity contribution is 0.679. The molecule has 0 amide bonds. The second kappa shape index (κ2) is 4.93. The molecule has 0 aliphatic heterocycles. The van der Waals surface area contributed by atoms with E-state index in [0.717, 1.165) is 19.4 Å². The first-order valence-corrected chi connectivity index (χ1v) is 4.53. The van der Waals surface area contributed by atoms with Crippen LogP contribution in [-0.4, -0.2) is 16.5 Å². The van der Waals surface area contributed by atoms with Crippen molar-refractivity contribution in [3.05, 3.63) is 17.7 Å². The van der Waals surface area contributed by atoms with Gasteiger partial charge in [0.05, 0.1) is 12.0 Å². The van der Waals surface area contributed by atoms with Gasteiger partial charge in [-0.25, -0.2) is 4.98 Å². The molecule has 0 saturated heterocycles. The Labute approximate surface area is 73.4 Å². The standard InChI is InChI=1S/C9H17N3/c1-8-9(12-7-11-8)5-3-2-4-6-10/h7H,2-6,10H2,1H3,(H,11,12). The number of rotatable bonds is 5. The summed E-state index contributed by atoms with van der Waals surface area (Å²) in [6.45, 7) is 2.87. The van der Waals surface area contributed by atoms with Gasteiger partial charge in [0.2, 0.25) is 0 Å². The van der Waals surface area contributed by atoms with E-state index in [2.05, 4.69) is 16.9 Å². The third-order valence-electron chi connectivity index (χ3n) is 2.05. The third kappa shape index (κ3) is 2.66. The van der Waals surface area contributed by atoms with Crippen LogP contribution in [0.4, 0.5) is 0 Å². The average molecular weight is 167 g/mol. The minimum Gasteiger partial charge on any atom is -0.348 e. The van der Waals surface area contributed by atoms with Gasteiger partial charge in [-0.15, -0.1) is 0 Å². The highest BCUT2D eigenvalue weighted by molar-refractivity contribution is 5.08. The monoisotopic (exact) mass is 167 g/mol. The van der Waals surface area contributed by atoms with Crippen molar-refractivity contribution in [3.63, 3.8) is 0 Å². The zero-order chi connectivity index (χ0) is 8.81. The zero-order valence-corrected chi connectivity index (χ0v) is 7.64. The summed E-state index contributed by atoms with van der Waals surface area (Å²) in [4.78, 5) is 7.30. The van der Waals surface area contributed by atoms with Gasteiger partial charge >= 0.3 is 0 Å². The second-order valence-corrected chi connectivity index (χ2v) is 3.07. The van der Waals surface area contributed by atoms with Crippen LogP contribution in [0.2, 0.25) is 0 Å². The van der Waals surface area contributed by atoms with Gasteiger partial charge in [-0.3, -0.25) is 0 Å². The maximum absolute atomic E-state index is 5.40. The maximum Gasteiger partial charge on any atom is 0.0925 e. The van der Waals surface area contributed by atoms with Gasteiger partial charge in [0, 0.05) is 5.69 Å². The van der Waals surface area contributed by atoms with E-state index in [0.29, 0.717) is 0 Å². The minimum atomic E-state index is 0.805. The molecule has 0 unspecified atom stereocenters. The molecule has 1 aromatic heterocycles. The highest BCUT2D eigenvalue weighted by Gasteiger charge is 1.99. The molecule has 3 N–H and O–H groups in total. The molecular weight excluding hydrogens is 150 g/mol. The number of H-pyrrole nitrogens is 1. The van der Waals surface area contributed by atoms with Crippen molar-refractivity contribution in [1.82, 2.24) is 9.97 Å². The molecule has 0 bridgehead atoms. The number of imidazole rings is 1. The Balaban J connectivity index is 2.20. The van der Waals surface area contributed by atoms with Gasteiger partial charge in [-0.1, -0.05) is 6.42 Å². The molecule has 0 atom stereocenters. The Kier molecular flexibility index (Phi) is 3.80. The van der Waals surface area contributed by atoms with Crippen molar-refractivity contribution in [3.8, 4) is 0 Å². The van der Waals surface area contributed by atoms with Crippen LogP contribution in [0.3, 0.4) is 0 Å². The second-order valence-electron chi connectivity index (χ2n) is 3.07. The number of hydrogen-bond acceptors (Lipinski definition) is 2. The number of nitrogens with zero attached hydrogens (tertiary/aromatic N) is 1. The molecule has 0 fully saturated rings. The summed E-state index contributed by atoms with van der Waals surface area (Å²) < 4.78 is 0. The molecule has 0 aliphatic rings. The van der Waals surface area contributed by atoms with E-state index < -0.39 is 0 Å². The van der Waals surface area contributed by atoms with Crippen LogP contribution >= 0.6 is 0 Å². The number of hydrogen-bond donors (Lipinski definition) is 2. The number of unbranched alkanes of at least 4 members (excludes halogenated alkanes) is 2. The van der Waals surface area contributed by atoms with E-state index in [-0.39, 0.29) is 0 Å². The average Bonchev–Trinajstić information content (AvgIpc) is 2.46. The summed E-state index contributed by atoms with van der Waals surface area (Å²) in [5.41, 5.74) is 7.79. The fraction of sp³-hybridized carbons (Fsp3) is 0.667. The van der Waals surface area contributed by atoms with Gasteiger partial charge in [0.25, 0.3) is 0 Å². The summed E-state index contributed by atoms with van der Waals surface area (Å²) in [6, 6.07) is 0. The Bertz CT molecular complexity index is 217. The smallest absolute Gasteiger partial charge is 0.0925 e. The number of aromatic nitrogens is 2. The molecular formula is C9H17N3. The highest BCUT2D eigenvalue weighted by atomic mass is 14.9. The topological polar surface area (TPSA) is 54.7 Å². The molecule has 1 rings (SSSR count). The number of aryl methyl sites for hydroxylation is 2. The first kappa shape index (κ1) is 9.26. The van der Waals surface area contributed by atoms with E-state index in [4.69, 9.17) is 5.73 Å². The largest absolute Gasteiger partial charge is 0.348 e. The number of aromatic amines is 1. The summed E-state index contributed by atoms with van der Waals surface area (Å²) in [6.07, 6.45) is 6.37. The van der Waals surface area contributed by atoms with E-state index in [9.17, 15) is 0 Å². The first-order chi connectivity index (χ1) is 5.84. The quantitative estimate of drug-likeness (QED) is 0.651. The molecule has 0 spiro atoms. The Hall–Kier alpha value is -0.830. The van der Waals surface area contributed by atoms with Gasteiger partial charge in [0.1, 0.15) is 0 Å². The van der Waals surface area contributed by atoms with Crippen LogP contribution in [-0.2, 0) is 6.42 Å². The SMILES string of the molecule is Cc1[nH]cnc1CCCCCN. The summed E-state index contributed by atoms with van der Waals surface area (Å²) in [7, 11) is 0.